The molecule has 98 valence electrons. The van der Waals surface area contributed by atoms with E-state index >= 15 is 0 Å². The molecule has 2 N–H and O–H groups in total. The number of hydrogen-bond acceptors (Lipinski definition) is 5. The number of benzene rings is 1. The zero-order valence-electron chi connectivity index (χ0n) is 10.2. The van der Waals surface area contributed by atoms with Crippen LogP contribution >= 0.6 is 0 Å². The van der Waals surface area contributed by atoms with Crippen LogP contribution < -0.4 is 10.1 Å². The number of carboxylic acid groups (broad SMARTS) is 1. The van der Waals surface area contributed by atoms with Crippen LogP contribution in [0.1, 0.15) is 16.8 Å². The summed E-state index contributed by atoms with van der Waals surface area (Å²) in [5, 5.41) is 11.5. The zero-order chi connectivity index (χ0) is 13.5. The van der Waals surface area contributed by atoms with Crippen LogP contribution in [0.2, 0.25) is 0 Å². The SMILES string of the molecule is COC(=O)c1ccc(NCCC(=O)O)c(OC)c1. The number of methoxy groups -OCH3 is 2. The van der Waals surface area contributed by atoms with Crippen molar-refractivity contribution in [2.75, 3.05) is 26.1 Å². The van der Waals surface area contributed by atoms with Gasteiger partial charge in [0.05, 0.1) is 31.9 Å². The largest absolute Gasteiger partial charge is 0.495 e. The van der Waals surface area contributed by atoms with Crippen LogP contribution in [0.15, 0.2) is 18.2 Å². The van der Waals surface area contributed by atoms with Gasteiger partial charge in [-0.15, -0.1) is 0 Å². The quantitative estimate of drug-likeness (QED) is 0.745. The Morgan fingerprint density at radius 2 is 2.06 bits per heavy atom. The van der Waals surface area contributed by atoms with Gasteiger partial charge in [0.15, 0.2) is 0 Å². The zero-order valence-corrected chi connectivity index (χ0v) is 10.2. The van der Waals surface area contributed by atoms with Crippen LogP contribution in [0, 0.1) is 0 Å². The average Bonchev–Trinajstić information content (AvgIpc) is 2.37. The first kappa shape index (κ1) is 13.8. The van der Waals surface area contributed by atoms with Crippen molar-refractivity contribution >= 4 is 17.6 Å². The predicted molar refractivity (Wildman–Crippen MR) is 65.1 cm³/mol. The number of ether oxygens (including phenoxy) is 2. The van der Waals surface area contributed by atoms with Crippen molar-refractivity contribution in [1.82, 2.24) is 0 Å². The third-order valence-electron chi connectivity index (χ3n) is 2.28. The first-order chi connectivity index (χ1) is 8.58. The van der Waals surface area contributed by atoms with E-state index in [0.29, 0.717) is 17.0 Å². The number of carbonyl (C=O) groups is 2. The Hall–Kier alpha value is -2.24. The van der Waals surface area contributed by atoms with Gasteiger partial charge in [0.1, 0.15) is 5.75 Å². The summed E-state index contributed by atoms with van der Waals surface area (Å²) >= 11 is 0. The van der Waals surface area contributed by atoms with Crippen LogP contribution in [0.25, 0.3) is 0 Å². The molecule has 0 atom stereocenters. The van der Waals surface area contributed by atoms with Crippen molar-refractivity contribution in [3.05, 3.63) is 23.8 Å². The minimum atomic E-state index is -0.882. The Morgan fingerprint density at radius 1 is 1.33 bits per heavy atom. The minimum absolute atomic E-state index is 0.00189. The lowest BCUT2D eigenvalue weighted by molar-refractivity contribution is -0.136. The molecule has 1 aromatic rings. The summed E-state index contributed by atoms with van der Waals surface area (Å²) in [7, 11) is 2.77. The van der Waals surface area contributed by atoms with Crippen LogP contribution in [0.3, 0.4) is 0 Å². The number of anilines is 1. The Morgan fingerprint density at radius 3 is 2.61 bits per heavy atom. The Kier molecular flexibility index (Phi) is 4.98. The number of carboxylic acids is 1. The van der Waals surface area contributed by atoms with E-state index in [1.54, 1.807) is 12.1 Å². The van der Waals surface area contributed by atoms with E-state index in [0.717, 1.165) is 0 Å². The highest BCUT2D eigenvalue weighted by Crippen LogP contribution is 2.25. The fourth-order valence-corrected chi connectivity index (χ4v) is 1.39. The van der Waals surface area contributed by atoms with E-state index in [1.807, 2.05) is 0 Å². The smallest absolute Gasteiger partial charge is 0.337 e. The molecule has 0 aliphatic heterocycles. The predicted octanol–water partition coefficient (Wildman–Crippen LogP) is 1.37. The fourth-order valence-electron chi connectivity index (χ4n) is 1.39. The van der Waals surface area contributed by atoms with Crippen molar-refractivity contribution in [2.24, 2.45) is 0 Å². The summed E-state index contributed by atoms with van der Waals surface area (Å²) in [5.41, 5.74) is 1.00. The molecule has 0 aliphatic rings. The Labute approximate surface area is 105 Å². The molecular weight excluding hydrogens is 238 g/mol. The summed E-state index contributed by atoms with van der Waals surface area (Å²) in [4.78, 5) is 21.7. The molecular formula is C12H15NO5. The molecule has 6 heteroatoms. The van der Waals surface area contributed by atoms with Gasteiger partial charge in [-0.25, -0.2) is 4.79 Å². The molecule has 0 saturated carbocycles. The van der Waals surface area contributed by atoms with Crippen LogP contribution in [0.5, 0.6) is 5.75 Å². The molecule has 0 fully saturated rings. The Bertz CT molecular complexity index is 444. The molecule has 0 bridgehead atoms. The van der Waals surface area contributed by atoms with E-state index in [-0.39, 0.29) is 13.0 Å². The highest BCUT2D eigenvalue weighted by molar-refractivity contribution is 5.90. The molecule has 0 spiro atoms. The summed E-state index contributed by atoms with van der Waals surface area (Å²) in [6, 6.07) is 4.76. The van der Waals surface area contributed by atoms with E-state index in [4.69, 9.17) is 9.84 Å². The van der Waals surface area contributed by atoms with Crippen molar-refractivity contribution in [2.45, 2.75) is 6.42 Å². The lowest BCUT2D eigenvalue weighted by atomic mass is 10.2. The third-order valence-corrected chi connectivity index (χ3v) is 2.28. The molecule has 18 heavy (non-hydrogen) atoms. The molecule has 0 unspecified atom stereocenters. The van der Waals surface area contributed by atoms with Gasteiger partial charge in [-0.2, -0.15) is 0 Å². The maximum atomic E-state index is 11.3. The number of nitrogens with one attached hydrogen (secondary N) is 1. The molecule has 0 aliphatic carbocycles. The van der Waals surface area contributed by atoms with E-state index in [2.05, 4.69) is 10.1 Å². The summed E-state index contributed by atoms with van der Waals surface area (Å²) < 4.78 is 9.72. The van der Waals surface area contributed by atoms with Gasteiger partial charge in [0, 0.05) is 6.54 Å². The van der Waals surface area contributed by atoms with E-state index in [1.165, 1.54) is 20.3 Å². The molecule has 0 aromatic heterocycles. The van der Waals surface area contributed by atoms with Gasteiger partial charge in [0.2, 0.25) is 0 Å². The van der Waals surface area contributed by atoms with Crippen molar-refractivity contribution in [3.8, 4) is 5.75 Å². The summed E-state index contributed by atoms with van der Waals surface area (Å²) in [5.74, 6) is -0.874. The Balaban J connectivity index is 2.80. The maximum Gasteiger partial charge on any atom is 0.337 e. The number of hydrogen-bond donors (Lipinski definition) is 2. The number of rotatable bonds is 6. The first-order valence-electron chi connectivity index (χ1n) is 5.30. The topological polar surface area (TPSA) is 84.9 Å². The second-order valence-electron chi connectivity index (χ2n) is 3.48. The van der Waals surface area contributed by atoms with Crippen LogP contribution in [-0.4, -0.2) is 37.8 Å². The third kappa shape index (κ3) is 3.65. The van der Waals surface area contributed by atoms with Crippen LogP contribution in [-0.2, 0) is 9.53 Å². The van der Waals surface area contributed by atoms with Crippen molar-refractivity contribution in [3.63, 3.8) is 0 Å². The second kappa shape index (κ2) is 6.48. The van der Waals surface area contributed by atoms with Crippen molar-refractivity contribution < 1.29 is 24.2 Å². The molecule has 0 heterocycles. The molecule has 0 radical (unpaired) electrons. The fraction of sp³-hybridized carbons (Fsp3) is 0.333. The maximum absolute atomic E-state index is 11.3. The van der Waals surface area contributed by atoms with Gasteiger partial charge < -0.3 is 19.9 Å². The lowest BCUT2D eigenvalue weighted by Crippen LogP contribution is -2.09. The van der Waals surface area contributed by atoms with Crippen molar-refractivity contribution in [1.29, 1.82) is 0 Å². The molecule has 0 saturated heterocycles. The van der Waals surface area contributed by atoms with Crippen LogP contribution in [0.4, 0.5) is 5.69 Å². The standard InChI is InChI=1S/C12H15NO5/c1-17-10-7-8(12(16)18-2)3-4-9(10)13-6-5-11(14)15/h3-4,7,13H,5-6H2,1-2H3,(H,14,15). The molecule has 6 nitrogen and oxygen atoms in total. The van der Waals surface area contributed by atoms with E-state index < -0.39 is 11.9 Å². The van der Waals surface area contributed by atoms with Gasteiger partial charge in [-0.05, 0) is 18.2 Å². The number of esters is 1. The molecule has 1 rings (SSSR count). The highest BCUT2D eigenvalue weighted by atomic mass is 16.5. The van der Waals surface area contributed by atoms with E-state index in [9.17, 15) is 9.59 Å². The lowest BCUT2D eigenvalue weighted by Gasteiger charge is -2.11. The number of aliphatic carboxylic acids is 1. The summed E-state index contributed by atoms with van der Waals surface area (Å²) in [6.07, 6.45) is 0.00189. The highest BCUT2D eigenvalue weighted by Gasteiger charge is 2.10. The minimum Gasteiger partial charge on any atom is -0.495 e. The van der Waals surface area contributed by atoms with Gasteiger partial charge >= 0.3 is 11.9 Å². The van der Waals surface area contributed by atoms with Gasteiger partial charge in [-0.3, -0.25) is 4.79 Å². The average molecular weight is 253 g/mol. The first-order valence-corrected chi connectivity index (χ1v) is 5.30. The van der Waals surface area contributed by atoms with Gasteiger partial charge in [-0.1, -0.05) is 0 Å². The summed E-state index contributed by atoms with van der Waals surface area (Å²) in [6.45, 7) is 0.281. The second-order valence-corrected chi connectivity index (χ2v) is 3.48. The normalized spacial score (nSPS) is 9.67. The number of carbonyl (C=O) groups excluding carboxylic acids is 1. The van der Waals surface area contributed by atoms with Gasteiger partial charge in [0.25, 0.3) is 0 Å². The monoisotopic (exact) mass is 253 g/mol. The molecule has 0 amide bonds. The molecule has 1 aromatic carbocycles.